The van der Waals surface area contributed by atoms with Gasteiger partial charge in [0.05, 0.1) is 12.2 Å². The van der Waals surface area contributed by atoms with Gasteiger partial charge in [0.2, 0.25) is 5.88 Å². The molecule has 1 aliphatic carbocycles. The number of aryl methyl sites for hydroxylation is 1. The topological polar surface area (TPSA) is 134 Å². The molecule has 1 fully saturated rings. The summed E-state index contributed by atoms with van der Waals surface area (Å²) in [4.78, 5) is 29.5. The van der Waals surface area contributed by atoms with Gasteiger partial charge in [0.15, 0.2) is 5.65 Å². The number of aromatic amines is 2. The number of fused-ring (bicyclic) bond motifs is 1. The number of aromatic hydroxyl groups is 1. The number of halogens is 1. The molecule has 3 aromatic heterocycles. The highest BCUT2D eigenvalue weighted by Gasteiger charge is 2.21. The van der Waals surface area contributed by atoms with Crippen molar-refractivity contribution in [3.8, 4) is 17.6 Å². The summed E-state index contributed by atoms with van der Waals surface area (Å²) in [5, 5.41) is 14.6. The van der Waals surface area contributed by atoms with E-state index in [1.807, 2.05) is 0 Å². The van der Waals surface area contributed by atoms with Crippen molar-refractivity contribution in [1.29, 1.82) is 0 Å². The van der Waals surface area contributed by atoms with E-state index in [1.54, 1.807) is 6.92 Å². The highest BCUT2D eigenvalue weighted by Crippen LogP contribution is 2.24. The molecular weight excluding hydrogens is 393 g/mol. The van der Waals surface area contributed by atoms with Gasteiger partial charge in [-0.15, -0.1) is 0 Å². The molecule has 1 saturated carbocycles. The van der Waals surface area contributed by atoms with Gasteiger partial charge in [-0.05, 0) is 49.6 Å². The molecule has 30 heavy (non-hydrogen) atoms. The third-order valence-corrected chi connectivity index (χ3v) is 4.58. The summed E-state index contributed by atoms with van der Waals surface area (Å²) in [7, 11) is 0. The Morgan fingerprint density at radius 2 is 2.17 bits per heavy atom. The molecule has 10 nitrogen and oxygen atoms in total. The van der Waals surface area contributed by atoms with E-state index in [-0.39, 0.29) is 29.4 Å². The lowest BCUT2D eigenvalue weighted by molar-refractivity contribution is 0.431. The monoisotopic (exact) mass is 409 g/mol. The first-order chi connectivity index (χ1) is 14.5. The average molecular weight is 409 g/mol. The predicted octanol–water partition coefficient (Wildman–Crippen LogP) is 0.697. The van der Waals surface area contributed by atoms with Crippen LogP contribution >= 0.6 is 0 Å². The number of benzene rings is 1. The number of H-pyrrole nitrogens is 2. The molecule has 0 aliphatic heterocycles. The fourth-order valence-electron chi connectivity index (χ4n) is 2.93. The molecular formula is C19H16FN7O3. The summed E-state index contributed by atoms with van der Waals surface area (Å²) in [6.07, 6.45) is 4.99. The maximum Gasteiger partial charge on any atom is 0.327 e. The van der Waals surface area contributed by atoms with Crippen molar-refractivity contribution in [3.05, 3.63) is 62.8 Å². The van der Waals surface area contributed by atoms with E-state index in [2.05, 4.69) is 30.0 Å². The van der Waals surface area contributed by atoms with Crippen LogP contribution in [-0.4, -0.2) is 40.7 Å². The minimum absolute atomic E-state index is 0.0264. The van der Waals surface area contributed by atoms with Crippen molar-refractivity contribution in [2.45, 2.75) is 25.8 Å². The van der Waals surface area contributed by atoms with E-state index < -0.39 is 5.69 Å². The van der Waals surface area contributed by atoms with Crippen molar-refractivity contribution < 1.29 is 14.2 Å². The SMILES string of the molecule is Cc1cc(F)ccc1Oc1nc(=NC2CC2)n2nc/c(=C\c3[nH]c(=O)[nH]c3O)c2n1. The van der Waals surface area contributed by atoms with Gasteiger partial charge < -0.3 is 14.8 Å². The van der Waals surface area contributed by atoms with Crippen LogP contribution < -0.4 is 21.3 Å². The van der Waals surface area contributed by atoms with Gasteiger partial charge >= 0.3 is 11.7 Å². The van der Waals surface area contributed by atoms with Crippen molar-refractivity contribution >= 4 is 11.7 Å². The third kappa shape index (κ3) is 3.41. The van der Waals surface area contributed by atoms with Crippen LogP contribution in [0.5, 0.6) is 17.6 Å². The molecule has 1 aliphatic rings. The zero-order valence-corrected chi connectivity index (χ0v) is 15.8. The molecule has 0 unspecified atom stereocenters. The Kier molecular flexibility index (Phi) is 4.09. The fourth-order valence-corrected chi connectivity index (χ4v) is 2.93. The van der Waals surface area contributed by atoms with Crippen LogP contribution in [0.25, 0.3) is 11.7 Å². The predicted molar refractivity (Wildman–Crippen MR) is 102 cm³/mol. The zero-order chi connectivity index (χ0) is 20.8. The lowest BCUT2D eigenvalue weighted by atomic mass is 10.2. The average Bonchev–Trinajstić information content (AvgIpc) is 3.33. The van der Waals surface area contributed by atoms with Crippen molar-refractivity contribution in [1.82, 2.24) is 29.5 Å². The maximum atomic E-state index is 13.4. The first-order valence-corrected chi connectivity index (χ1v) is 9.23. The Labute approximate surface area is 167 Å². The van der Waals surface area contributed by atoms with Crippen LogP contribution in [-0.2, 0) is 0 Å². The van der Waals surface area contributed by atoms with Crippen LogP contribution in [0, 0.1) is 12.7 Å². The Bertz CT molecular complexity index is 1450. The number of nitrogens with one attached hydrogen (secondary N) is 2. The number of ether oxygens (including phenoxy) is 1. The van der Waals surface area contributed by atoms with E-state index in [9.17, 15) is 14.3 Å². The normalized spacial score (nSPS) is 15.3. The second-order valence-corrected chi connectivity index (χ2v) is 7.00. The molecule has 1 aromatic carbocycles. The summed E-state index contributed by atoms with van der Waals surface area (Å²) in [6, 6.07) is 4.34. The lowest BCUT2D eigenvalue weighted by Crippen LogP contribution is -2.23. The van der Waals surface area contributed by atoms with Crippen LogP contribution in [0.1, 0.15) is 24.1 Å². The molecule has 3 heterocycles. The molecule has 0 amide bonds. The summed E-state index contributed by atoms with van der Waals surface area (Å²) in [5.74, 6) is -0.251. The van der Waals surface area contributed by atoms with Gasteiger partial charge in [-0.25, -0.2) is 14.2 Å². The van der Waals surface area contributed by atoms with Crippen LogP contribution in [0.2, 0.25) is 0 Å². The second-order valence-electron chi connectivity index (χ2n) is 7.00. The van der Waals surface area contributed by atoms with Crippen molar-refractivity contribution in [3.63, 3.8) is 0 Å². The smallest absolute Gasteiger partial charge is 0.327 e. The molecule has 11 heteroatoms. The number of imidazole rings is 1. The van der Waals surface area contributed by atoms with E-state index >= 15 is 0 Å². The van der Waals surface area contributed by atoms with Crippen molar-refractivity contribution in [2.75, 3.05) is 0 Å². The zero-order valence-electron chi connectivity index (χ0n) is 15.8. The Morgan fingerprint density at radius 1 is 1.33 bits per heavy atom. The van der Waals surface area contributed by atoms with Gasteiger partial charge in [-0.1, -0.05) is 0 Å². The summed E-state index contributed by atoms with van der Waals surface area (Å²) in [6.45, 7) is 1.72. The van der Waals surface area contributed by atoms with Gasteiger partial charge in [0, 0.05) is 5.22 Å². The molecule has 4 aromatic rings. The van der Waals surface area contributed by atoms with Crippen LogP contribution in [0.15, 0.2) is 34.2 Å². The van der Waals surface area contributed by atoms with Gasteiger partial charge in [0.25, 0.3) is 5.62 Å². The third-order valence-electron chi connectivity index (χ3n) is 4.58. The van der Waals surface area contributed by atoms with E-state index in [0.29, 0.717) is 27.8 Å². The summed E-state index contributed by atoms with van der Waals surface area (Å²) < 4.78 is 20.7. The highest BCUT2D eigenvalue weighted by atomic mass is 19.1. The van der Waals surface area contributed by atoms with E-state index in [0.717, 1.165) is 12.8 Å². The largest absolute Gasteiger partial charge is 0.493 e. The van der Waals surface area contributed by atoms with Crippen LogP contribution in [0.3, 0.4) is 0 Å². The Balaban J connectivity index is 1.68. The van der Waals surface area contributed by atoms with E-state index in [1.165, 1.54) is 35.0 Å². The molecule has 0 radical (unpaired) electrons. The summed E-state index contributed by atoms with van der Waals surface area (Å²) in [5.41, 5.74) is 0.940. The van der Waals surface area contributed by atoms with Crippen LogP contribution in [0.4, 0.5) is 4.39 Å². The lowest BCUT2D eigenvalue weighted by Gasteiger charge is -2.07. The van der Waals surface area contributed by atoms with Gasteiger partial charge in [0.1, 0.15) is 17.3 Å². The Hall–Kier alpha value is -4.02. The molecule has 5 rings (SSSR count). The van der Waals surface area contributed by atoms with E-state index in [4.69, 9.17) is 4.74 Å². The number of hydrogen-bond acceptors (Lipinski definition) is 7. The number of hydrogen-bond donors (Lipinski definition) is 3. The quantitative estimate of drug-likeness (QED) is 0.454. The van der Waals surface area contributed by atoms with Crippen molar-refractivity contribution in [2.24, 2.45) is 4.99 Å². The van der Waals surface area contributed by atoms with Gasteiger partial charge in [-0.2, -0.15) is 19.6 Å². The highest BCUT2D eigenvalue weighted by molar-refractivity contribution is 5.56. The molecule has 0 saturated heterocycles. The molecule has 3 N–H and O–H groups in total. The molecule has 0 atom stereocenters. The number of nitrogens with zero attached hydrogens (tertiary/aromatic N) is 5. The second kappa shape index (κ2) is 6.79. The molecule has 152 valence electrons. The Morgan fingerprint density at radius 3 is 2.87 bits per heavy atom. The fraction of sp³-hybridized carbons (Fsp3) is 0.211. The molecule has 0 bridgehead atoms. The maximum absolute atomic E-state index is 13.4. The molecule has 0 spiro atoms. The first kappa shape index (κ1) is 18.0. The standard InChI is InChI=1S/C19H16FN7O3/c1-9-6-11(20)2-5-14(9)30-19-24-15-10(7-13-16(28)25-18(29)23-13)8-21-27(15)17(26-19)22-12-3-4-12/h2,5-8,12,28H,3-4H2,1H3,(H2,23,25,29)/b10-7+,22-17?. The minimum Gasteiger partial charge on any atom is -0.493 e. The summed E-state index contributed by atoms with van der Waals surface area (Å²) >= 11 is 0. The minimum atomic E-state index is -0.537. The first-order valence-electron chi connectivity index (χ1n) is 9.23. The number of rotatable bonds is 4. The van der Waals surface area contributed by atoms with Gasteiger partial charge in [-0.3, -0.25) is 4.98 Å². The number of aromatic nitrogens is 6.